The molecule has 7 nitrogen and oxygen atoms in total. The summed E-state index contributed by atoms with van der Waals surface area (Å²) in [6.45, 7) is 7.15. The molecule has 0 saturated carbocycles. The van der Waals surface area contributed by atoms with Gasteiger partial charge in [0, 0.05) is 12.4 Å². The number of ether oxygens (including phenoxy) is 1. The quantitative estimate of drug-likeness (QED) is 0.657. The number of aryl methyl sites for hydroxylation is 1. The number of rotatable bonds is 5. The Bertz CT molecular complexity index is 969. The van der Waals surface area contributed by atoms with Gasteiger partial charge in [0.15, 0.2) is 0 Å². The molecule has 8 heteroatoms. The van der Waals surface area contributed by atoms with E-state index < -0.39 is 27.9 Å². The highest BCUT2D eigenvalue weighted by Crippen LogP contribution is 2.37. The Morgan fingerprint density at radius 2 is 1.87 bits per heavy atom. The Kier molecular flexibility index (Phi) is 6.47. The van der Waals surface area contributed by atoms with Gasteiger partial charge in [-0.1, -0.05) is 23.8 Å². The van der Waals surface area contributed by atoms with Crippen LogP contribution in [0.2, 0.25) is 0 Å². The third-order valence-corrected chi connectivity index (χ3v) is 6.20. The molecule has 2 atom stereocenters. The first-order valence-electron chi connectivity index (χ1n) is 9.94. The van der Waals surface area contributed by atoms with Crippen molar-refractivity contribution >= 4 is 16.2 Å². The van der Waals surface area contributed by atoms with E-state index in [-0.39, 0.29) is 17.5 Å². The second-order valence-electron chi connectivity index (χ2n) is 8.47. The molecule has 0 N–H and O–H groups in total. The number of nitrogens with zero attached hydrogens (tertiary/aromatic N) is 2. The Labute approximate surface area is 178 Å². The van der Waals surface area contributed by atoms with E-state index in [4.69, 9.17) is 8.92 Å². The lowest BCUT2D eigenvalue weighted by Crippen LogP contribution is -2.43. The average Bonchev–Trinajstić information content (AvgIpc) is 3.10. The zero-order valence-electron chi connectivity index (χ0n) is 17.7. The standard InChI is InChI=1S/C22H28N2O5S/c1-16-7-10-19(11-8-16)30(26,27)28-15-18-9-12-20(17-6-5-13-23-14-17)24(18)21(25)29-22(2,3)4/h5-8,10-11,13-14,18,20H,9,12,15H2,1-4H3/t18-,20+/m0/s1. The number of hydrogen-bond donors (Lipinski definition) is 0. The maximum atomic E-state index is 13.0. The van der Waals surface area contributed by atoms with E-state index in [2.05, 4.69) is 4.98 Å². The summed E-state index contributed by atoms with van der Waals surface area (Å²) in [4.78, 5) is 18.8. The molecule has 1 aliphatic heterocycles. The van der Waals surface area contributed by atoms with Crippen molar-refractivity contribution in [1.29, 1.82) is 0 Å². The number of amides is 1. The first kappa shape index (κ1) is 22.2. The predicted molar refractivity (Wildman–Crippen MR) is 112 cm³/mol. The number of benzene rings is 1. The number of carbonyl (C=O) groups excluding carboxylic acids is 1. The third-order valence-electron chi connectivity index (χ3n) is 4.90. The second kappa shape index (κ2) is 8.73. The van der Waals surface area contributed by atoms with Crippen LogP contribution in [0.15, 0.2) is 53.7 Å². The maximum absolute atomic E-state index is 13.0. The van der Waals surface area contributed by atoms with Crippen molar-refractivity contribution in [3.05, 3.63) is 59.9 Å². The normalized spacial score (nSPS) is 19.7. The molecular weight excluding hydrogens is 404 g/mol. The van der Waals surface area contributed by atoms with Gasteiger partial charge in [-0.2, -0.15) is 8.42 Å². The maximum Gasteiger partial charge on any atom is 0.411 e. The molecule has 2 aromatic rings. The van der Waals surface area contributed by atoms with E-state index in [1.54, 1.807) is 50.2 Å². The monoisotopic (exact) mass is 432 g/mol. The summed E-state index contributed by atoms with van der Waals surface area (Å²) in [5.74, 6) is 0. The van der Waals surface area contributed by atoms with E-state index >= 15 is 0 Å². The zero-order chi connectivity index (χ0) is 21.9. The molecule has 0 radical (unpaired) electrons. The fourth-order valence-corrected chi connectivity index (χ4v) is 4.42. The van der Waals surface area contributed by atoms with Gasteiger partial charge in [0.2, 0.25) is 0 Å². The molecule has 1 aromatic heterocycles. The molecule has 0 unspecified atom stereocenters. The first-order valence-corrected chi connectivity index (χ1v) is 11.3. The van der Waals surface area contributed by atoms with Crippen LogP contribution in [0.1, 0.15) is 50.8 Å². The molecule has 1 saturated heterocycles. The molecule has 1 amide bonds. The van der Waals surface area contributed by atoms with Gasteiger partial charge in [-0.05, 0) is 64.3 Å². The Morgan fingerprint density at radius 3 is 2.47 bits per heavy atom. The SMILES string of the molecule is Cc1ccc(S(=O)(=O)OC[C@@H]2CC[C@H](c3cccnc3)N2C(=O)OC(C)(C)C)cc1. The lowest BCUT2D eigenvalue weighted by Gasteiger charge is -2.32. The molecule has 0 aliphatic carbocycles. The number of pyridine rings is 1. The smallest absolute Gasteiger partial charge is 0.411 e. The predicted octanol–water partition coefficient (Wildman–Crippen LogP) is 4.24. The molecule has 162 valence electrons. The number of hydrogen-bond acceptors (Lipinski definition) is 6. The van der Waals surface area contributed by atoms with Gasteiger partial charge in [-0.15, -0.1) is 0 Å². The van der Waals surface area contributed by atoms with Crippen LogP contribution in [0.4, 0.5) is 4.79 Å². The van der Waals surface area contributed by atoms with Crippen LogP contribution in [-0.4, -0.2) is 42.6 Å². The summed E-state index contributed by atoms with van der Waals surface area (Å²) < 4.78 is 36.1. The highest BCUT2D eigenvalue weighted by molar-refractivity contribution is 7.86. The van der Waals surface area contributed by atoms with Crippen molar-refractivity contribution in [1.82, 2.24) is 9.88 Å². The fraction of sp³-hybridized carbons (Fsp3) is 0.455. The van der Waals surface area contributed by atoms with Crippen LogP contribution in [0.3, 0.4) is 0 Å². The topological polar surface area (TPSA) is 85.8 Å². The largest absolute Gasteiger partial charge is 0.444 e. The molecule has 3 rings (SSSR count). The van der Waals surface area contributed by atoms with Crippen molar-refractivity contribution in [2.24, 2.45) is 0 Å². The summed E-state index contributed by atoms with van der Waals surface area (Å²) in [6.07, 6.45) is 4.17. The summed E-state index contributed by atoms with van der Waals surface area (Å²) >= 11 is 0. The fourth-order valence-electron chi connectivity index (χ4n) is 3.48. The molecule has 2 heterocycles. The Hall–Kier alpha value is -2.45. The van der Waals surface area contributed by atoms with Crippen LogP contribution >= 0.6 is 0 Å². The van der Waals surface area contributed by atoms with Crippen molar-refractivity contribution < 1.29 is 22.1 Å². The highest BCUT2D eigenvalue weighted by Gasteiger charge is 2.41. The van der Waals surface area contributed by atoms with E-state index in [9.17, 15) is 13.2 Å². The van der Waals surface area contributed by atoms with Crippen molar-refractivity contribution in [2.45, 2.75) is 63.1 Å². The molecular formula is C22H28N2O5S. The van der Waals surface area contributed by atoms with Gasteiger partial charge in [0.1, 0.15) is 5.60 Å². The van der Waals surface area contributed by atoms with E-state index in [1.165, 1.54) is 12.1 Å². The summed E-state index contributed by atoms with van der Waals surface area (Å²) in [5, 5.41) is 0. The van der Waals surface area contributed by atoms with Crippen LogP contribution in [0.25, 0.3) is 0 Å². The summed E-state index contributed by atoms with van der Waals surface area (Å²) in [6, 6.07) is 9.52. The molecule has 1 fully saturated rings. The Morgan fingerprint density at radius 1 is 1.17 bits per heavy atom. The summed E-state index contributed by atoms with van der Waals surface area (Å²) in [7, 11) is -3.92. The number of aromatic nitrogens is 1. The Balaban J connectivity index is 1.79. The van der Waals surface area contributed by atoms with Crippen LogP contribution in [0.5, 0.6) is 0 Å². The lowest BCUT2D eigenvalue weighted by molar-refractivity contribution is 0.0101. The van der Waals surface area contributed by atoms with Crippen molar-refractivity contribution in [3.63, 3.8) is 0 Å². The van der Waals surface area contributed by atoms with Gasteiger partial charge in [0.25, 0.3) is 10.1 Å². The van der Waals surface area contributed by atoms with Crippen LogP contribution < -0.4 is 0 Å². The molecule has 30 heavy (non-hydrogen) atoms. The molecule has 1 aromatic carbocycles. The first-order chi connectivity index (χ1) is 14.1. The van der Waals surface area contributed by atoms with E-state index in [0.717, 1.165) is 11.1 Å². The van der Waals surface area contributed by atoms with Crippen LogP contribution in [-0.2, 0) is 19.0 Å². The van der Waals surface area contributed by atoms with E-state index in [1.807, 2.05) is 19.1 Å². The molecule has 1 aliphatic rings. The van der Waals surface area contributed by atoms with Gasteiger partial charge >= 0.3 is 6.09 Å². The van der Waals surface area contributed by atoms with Crippen molar-refractivity contribution in [3.8, 4) is 0 Å². The lowest BCUT2D eigenvalue weighted by atomic mass is 10.1. The molecule has 0 bridgehead atoms. The minimum Gasteiger partial charge on any atom is -0.444 e. The van der Waals surface area contributed by atoms with Crippen molar-refractivity contribution in [2.75, 3.05) is 6.61 Å². The number of likely N-dealkylation sites (tertiary alicyclic amines) is 1. The van der Waals surface area contributed by atoms with Gasteiger partial charge < -0.3 is 4.74 Å². The average molecular weight is 433 g/mol. The third kappa shape index (κ3) is 5.37. The summed E-state index contributed by atoms with van der Waals surface area (Å²) in [5.41, 5.74) is 1.17. The van der Waals surface area contributed by atoms with Gasteiger partial charge in [-0.25, -0.2) is 4.79 Å². The molecule has 0 spiro atoms. The zero-order valence-corrected chi connectivity index (χ0v) is 18.6. The minimum absolute atomic E-state index is 0.0960. The van der Waals surface area contributed by atoms with E-state index in [0.29, 0.717) is 12.8 Å². The van der Waals surface area contributed by atoms with Gasteiger partial charge in [0.05, 0.1) is 23.6 Å². The highest BCUT2D eigenvalue weighted by atomic mass is 32.2. The van der Waals surface area contributed by atoms with Crippen LogP contribution in [0, 0.1) is 6.92 Å². The second-order valence-corrected chi connectivity index (χ2v) is 10.1. The minimum atomic E-state index is -3.92. The number of carbonyl (C=O) groups is 1. The van der Waals surface area contributed by atoms with Gasteiger partial charge in [-0.3, -0.25) is 14.1 Å².